The van der Waals surface area contributed by atoms with E-state index in [-0.39, 0.29) is 11.9 Å². The van der Waals surface area contributed by atoms with Crippen molar-refractivity contribution >= 4 is 28.9 Å². The molecule has 0 aliphatic heterocycles. The summed E-state index contributed by atoms with van der Waals surface area (Å²) in [5.74, 6) is -0.208. The van der Waals surface area contributed by atoms with Crippen LogP contribution in [0.2, 0.25) is 5.02 Å². The van der Waals surface area contributed by atoms with Crippen LogP contribution in [0.15, 0.2) is 36.7 Å². The van der Waals surface area contributed by atoms with Crippen molar-refractivity contribution in [1.82, 2.24) is 4.98 Å². The van der Waals surface area contributed by atoms with E-state index in [1.165, 1.54) is 0 Å². The first-order valence-corrected chi connectivity index (χ1v) is 7.12. The zero-order valence-electron chi connectivity index (χ0n) is 12.3. The average Bonchev–Trinajstić information content (AvgIpc) is 2.42. The lowest BCUT2D eigenvalue weighted by molar-refractivity contribution is 0.102. The number of rotatable bonds is 4. The van der Waals surface area contributed by atoms with Crippen molar-refractivity contribution in [1.29, 1.82) is 0 Å². The lowest BCUT2D eigenvalue weighted by atomic mass is 10.2. The highest BCUT2D eigenvalue weighted by Crippen LogP contribution is 2.21. The van der Waals surface area contributed by atoms with Gasteiger partial charge in [0.15, 0.2) is 0 Å². The van der Waals surface area contributed by atoms with Crippen LogP contribution in [0.1, 0.15) is 29.8 Å². The molecule has 0 saturated carbocycles. The highest BCUT2D eigenvalue weighted by atomic mass is 35.5. The molecular formula is C16H18ClN3O. The monoisotopic (exact) mass is 303 g/mol. The Morgan fingerprint density at radius 2 is 2.00 bits per heavy atom. The molecule has 0 atom stereocenters. The van der Waals surface area contributed by atoms with Gasteiger partial charge in [0.25, 0.3) is 5.91 Å². The third-order valence-corrected chi connectivity index (χ3v) is 3.14. The van der Waals surface area contributed by atoms with Gasteiger partial charge in [-0.05, 0) is 44.5 Å². The van der Waals surface area contributed by atoms with Crippen molar-refractivity contribution in [2.75, 3.05) is 10.6 Å². The zero-order chi connectivity index (χ0) is 15.4. The number of benzene rings is 1. The van der Waals surface area contributed by atoms with Gasteiger partial charge in [-0.1, -0.05) is 17.7 Å². The smallest absolute Gasteiger partial charge is 0.257 e. The number of aromatic nitrogens is 1. The molecule has 1 amide bonds. The van der Waals surface area contributed by atoms with E-state index in [0.717, 1.165) is 11.3 Å². The van der Waals surface area contributed by atoms with Crippen molar-refractivity contribution in [3.8, 4) is 0 Å². The fourth-order valence-corrected chi connectivity index (χ4v) is 2.07. The van der Waals surface area contributed by atoms with E-state index in [1.807, 2.05) is 26.8 Å². The summed E-state index contributed by atoms with van der Waals surface area (Å²) in [5.41, 5.74) is 2.98. The minimum atomic E-state index is -0.208. The van der Waals surface area contributed by atoms with Gasteiger partial charge in [0.1, 0.15) is 0 Å². The first-order chi connectivity index (χ1) is 9.95. The Labute approximate surface area is 129 Å². The summed E-state index contributed by atoms with van der Waals surface area (Å²) in [4.78, 5) is 16.4. The molecule has 110 valence electrons. The van der Waals surface area contributed by atoms with Gasteiger partial charge in [0, 0.05) is 29.1 Å². The van der Waals surface area contributed by atoms with Gasteiger partial charge in [0.05, 0.1) is 11.3 Å². The molecule has 0 radical (unpaired) electrons. The van der Waals surface area contributed by atoms with Gasteiger partial charge < -0.3 is 10.6 Å². The number of amides is 1. The average molecular weight is 304 g/mol. The van der Waals surface area contributed by atoms with E-state index in [2.05, 4.69) is 15.6 Å². The maximum Gasteiger partial charge on any atom is 0.257 e. The van der Waals surface area contributed by atoms with E-state index in [4.69, 9.17) is 11.6 Å². The quantitative estimate of drug-likeness (QED) is 0.893. The fraction of sp³-hybridized carbons (Fsp3) is 0.250. The van der Waals surface area contributed by atoms with Crippen LogP contribution in [-0.4, -0.2) is 16.9 Å². The summed E-state index contributed by atoms with van der Waals surface area (Å²) in [5, 5.41) is 6.66. The van der Waals surface area contributed by atoms with Crippen LogP contribution in [0, 0.1) is 6.92 Å². The van der Waals surface area contributed by atoms with Crippen molar-refractivity contribution in [3.05, 3.63) is 52.8 Å². The number of halogens is 1. The van der Waals surface area contributed by atoms with Gasteiger partial charge in [-0.15, -0.1) is 0 Å². The van der Waals surface area contributed by atoms with Crippen LogP contribution in [0.3, 0.4) is 0 Å². The number of hydrogen-bond acceptors (Lipinski definition) is 3. The predicted octanol–water partition coefficient (Wildman–Crippen LogP) is 4.12. The third kappa shape index (κ3) is 4.20. The lowest BCUT2D eigenvalue weighted by Crippen LogP contribution is -2.15. The molecule has 2 rings (SSSR count). The number of aryl methyl sites for hydroxylation is 1. The summed E-state index contributed by atoms with van der Waals surface area (Å²) in [6.07, 6.45) is 3.24. The molecule has 1 heterocycles. The second-order valence-corrected chi connectivity index (χ2v) is 5.61. The van der Waals surface area contributed by atoms with Crippen LogP contribution < -0.4 is 10.6 Å². The Morgan fingerprint density at radius 3 is 2.71 bits per heavy atom. The van der Waals surface area contributed by atoms with Crippen LogP contribution in [0.5, 0.6) is 0 Å². The molecule has 0 aliphatic rings. The number of nitrogens with zero attached hydrogens (tertiary/aromatic N) is 1. The molecular weight excluding hydrogens is 286 g/mol. The number of anilines is 2. The minimum Gasteiger partial charge on any atom is -0.382 e. The Morgan fingerprint density at radius 1 is 1.24 bits per heavy atom. The molecule has 0 unspecified atom stereocenters. The molecule has 21 heavy (non-hydrogen) atoms. The largest absolute Gasteiger partial charge is 0.382 e. The number of nitrogens with one attached hydrogen (secondary N) is 2. The van der Waals surface area contributed by atoms with Crippen LogP contribution >= 0.6 is 11.6 Å². The highest BCUT2D eigenvalue weighted by Gasteiger charge is 2.10. The number of carbonyl (C=O) groups is 1. The molecule has 0 bridgehead atoms. The van der Waals surface area contributed by atoms with E-state index in [1.54, 1.807) is 30.6 Å². The first-order valence-electron chi connectivity index (χ1n) is 6.75. The van der Waals surface area contributed by atoms with Gasteiger partial charge in [-0.2, -0.15) is 0 Å². The minimum absolute atomic E-state index is 0.208. The molecule has 5 heteroatoms. The fourth-order valence-electron chi connectivity index (χ4n) is 1.90. The standard InChI is InChI=1S/C16H18ClN3O/c1-10(2)19-14-6-12(8-18-9-14)16(21)20-15-7-13(17)5-4-11(15)3/h4-10,19H,1-3H3,(H,20,21). The van der Waals surface area contributed by atoms with Crippen molar-refractivity contribution in [3.63, 3.8) is 0 Å². The lowest BCUT2D eigenvalue weighted by Gasteiger charge is -2.12. The van der Waals surface area contributed by atoms with Crippen molar-refractivity contribution in [2.24, 2.45) is 0 Å². The number of hydrogen-bond donors (Lipinski definition) is 2. The van der Waals surface area contributed by atoms with Crippen LogP contribution in [0.25, 0.3) is 0 Å². The molecule has 0 aliphatic carbocycles. The molecule has 0 spiro atoms. The van der Waals surface area contributed by atoms with Gasteiger partial charge in [-0.3, -0.25) is 9.78 Å². The van der Waals surface area contributed by atoms with Gasteiger partial charge >= 0.3 is 0 Å². The molecule has 0 saturated heterocycles. The van der Waals surface area contributed by atoms with Crippen molar-refractivity contribution in [2.45, 2.75) is 26.8 Å². The number of carbonyl (C=O) groups excluding carboxylic acids is 1. The van der Waals surface area contributed by atoms with E-state index >= 15 is 0 Å². The Balaban J connectivity index is 2.18. The summed E-state index contributed by atoms with van der Waals surface area (Å²) in [6.45, 7) is 5.98. The molecule has 2 N–H and O–H groups in total. The maximum atomic E-state index is 12.3. The molecule has 1 aromatic heterocycles. The first kappa shape index (κ1) is 15.3. The summed E-state index contributed by atoms with van der Waals surface area (Å²) in [7, 11) is 0. The topological polar surface area (TPSA) is 54.0 Å². The van der Waals surface area contributed by atoms with Gasteiger partial charge in [0.2, 0.25) is 0 Å². The zero-order valence-corrected chi connectivity index (χ0v) is 13.0. The summed E-state index contributed by atoms with van der Waals surface area (Å²) >= 11 is 5.96. The molecule has 2 aromatic rings. The molecule has 1 aromatic carbocycles. The number of pyridine rings is 1. The van der Waals surface area contributed by atoms with Gasteiger partial charge in [-0.25, -0.2) is 0 Å². The SMILES string of the molecule is Cc1ccc(Cl)cc1NC(=O)c1cncc(NC(C)C)c1. The maximum absolute atomic E-state index is 12.3. The van der Waals surface area contributed by atoms with Crippen LogP contribution in [-0.2, 0) is 0 Å². The van der Waals surface area contributed by atoms with E-state index in [0.29, 0.717) is 16.3 Å². The normalized spacial score (nSPS) is 10.5. The molecule has 0 fully saturated rings. The summed E-state index contributed by atoms with van der Waals surface area (Å²) in [6, 6.07) is 7.45. The Bertz CT molecular complexity index is 656. The van der Waals surface area contributed by atoms with E-state index in [9.17, 15) is 4.79 Å². The highest BCUT2D eigenvalue weighted by molar-refractivity contribution is 6.31. The Hall–Kier alpha value is -2.07. The second kappa shape index (κ2) is 6.59. The van der Waals surface area contributed by atoms with Crippen LogP contribution in [0.4, 0.5) is 11.4 Å². The second-order valence-electron chi connectivity index (χ2n) is 5.17. The Kier molecular flexibility index (Phi) is 4.81. The summed E-state index contributed by atoms with van der Waals surface area (Å²) < 4.78 is 0. The van der Waals surface area contributed by atoms with E-state index < -0.39 is 0 Å². The third-order valence-electron chi connectivity index (χ3n) is 2.90. The predicted molar refractivity (Wildman–Crippen MR) is 87.1 cm³/mol. The van der Waals surface area contributed by atoms with Crippen molar-refractivity contribution < 1.29 is 4.79 Å². The molecule has 4 nitrogen and oxygen atoms in total.